The van der Waals surface area contributed by atoms with E-state index in [-0.39, 0.29) is 17.7 Å². The SMILES string of the molecule is CN(C(=O)C1CC1c1cc(Cl)cc(Cl)c1)c1ccc(OCC(=O)O)cc1. The number of carboxylic acid groups (broad SMARTS) is 1. The van der Waals surface area contributed by atoms with Crippen molar-refractivity contribution in [3.63, 3.8) is 0 Å². The van der Waals surface area contributed by atoms with Crippen molar-refractivity contribution in [1.29, 1.82) is 0 Å². The second-order valence-corrected chi connectivity index (χ2v) is 7.10. The Labute approximate surface area is 161 Å². The lowest BCUT2D eigenvalue weighted by atomic mass is 10.1. The second kappa shape index (κ2) is 7.56. The smallest absolute Gasteiger partial charge is 0.341 e. The number of amides is 1. The Kier molecular flexibility index (Phi) is 5.39. The standard InChI is InChI=1S/C19H17Cl2NO4/c1-22(14-2-4-15(5-3-14)26-10-18(23)24)19(25)17-9-16(17)11-6-12(20)8-13(21)7-11/h2-8,16-17H,9-10H2,1H3,(H,23,24). The molecule has 2 aromatic carbocycles. The lowest BCUT2D eigenvalue weighted by Crippen LogP contribution is -2.28. The predicted octanol–water partition coefficient (Wildman–Crippen LogP) is 4.22. The van der Waals surface area contributed by atoms with Gasteiger partial charge in [-0.2, -0.15) is 0 Å². The summed E-state index contributed by atoms with van der Waals surface area (Å²) in [6, 6.07) is 12.1. The largest absolute Gasteiger partial charge is 0.482 e. The van der Waals surface area contributed by atoms with E-state index in [1.807, 2.05) is 12.1 Å². The third-order valence-corrected chi connectivity index (χ3v) is 4.77. The molecule has 1 saturated carbocycles. The zero-order chi connectivity index (χ0) is 18.8. The van der Waals surface area contributed by atoms with E-state index in [0.29, 0.717) is 21.5 Å². The van der Waals surface area contributed by atoms with E-state index in [4.69, 9.17) is 33.0 Å². The molecule has 1 N–H and O–H groups in total. The molecule has 3 rings (SSSR count). The minimum atomic E-state index is -1.04. The molecule has 0 spiro atoms. The molecule has 2 aromatic rings. The molecule has 1 amide bonds. The zero-order valence-electron chi connectivity index (χ0n) is 14.0. The van der Waals surface area contributed by atoms with E-state index < -0.39 is 12.6 Å². The lowest BCUT2D eigenvalue weighted by molar-refractivity contribution is -0.139. The fraction of sp³-hybridized carbons (Fsp3) is 0.263. The van der Waals surface area contributed by atoms with Crippen LogP contribution in [0, 0.1) is 5.92 Å². The Morgan fingerprint density at radius 1 is 1.15 bits per heavy atom. The number of benzene rings is 2. The highest BCUT2D eigenvalue weighted by Crippen LogP contribution is 2.49. The van der Waals surface area contributed by atoms with Crippen molar-refractivity contribution >= 4 is 40.8 Å². The number of carbonyl (C=O) groups is 2. The van der Waals surface area contributed by atoms with Gasteiger partial charge in [0.2, 0.25) is 5.91 Å². The molecule has 0 aromatic heterocycles. The Morgan fingerprint density at radius 3 is 2.35 bits per heavy atom. The van der Waals surface area contributed by atoms with Crippen molar-refractivity contribution in [3.05, 3.63) is 58.1 Å². The summed E-state index contributed by atoms with van der Waals surface area (Å²) in [6.45, 7) is -0.403. The van der Waals surface area contributed by atoms with Crippen LogP contribution < -0.4 is 9.64 Å². The van der Waals surface area contributed by atoms with Gasteiger partial charge >= 0.3 is 5.97 Å². The van der Waals surface area contributed by atoms with E-state index >= 15 is 0 Å². The Balaban J connectivity index is 1.64. The van der Waals surface area contributed by atoms with Gasteiger partial charge in [-0.15, -0.1) is 0 Å². The highest BCUT2D eigenvalue weighted by molar-refractivity contribution is 6.34. The first-order chi connectivity index (χ1) is 12.3. The maximum absolute atomic E-state index is 12.7. The summed E-state index contributed by atoms with van der Waals surface area (Å²) in [4.78, 5) is 24.8. The molecule has 0 saturated heterocycles. The normalized spacial score (nSPS) is 18.3. The first-order valence-electron chi connectivity index (χ1n) is 8.03. The van der Waals surface area contributed by atoms with Crippen LogP contribution in [0.5, 0.6) is 5.75 Å². The summed E-state index contributed by atoms with van der Waals surface area (Å²) in [7, 11) is 1.72. The number of carboxylic acids is 1. The number of carbonyl (C=O) groups excluding carboxylic acids is 1. The van der Waals surface area contributed by atoms with Crippen LogP contribution in [-0.4, -0.2) is 30.6 Å². The molecule has 2 atom stereocenters. The number of halogens is 2. The van der Waals surface area contributed by atoms with Gasteiger partial charge in [-0.3, -0.25) is 4.79 Å². The van der Waals surface area contributed by atoms with Crippen molar-refractivity contribution in [2.24, 2.45) is 5.92 Å². The van der Waals surface area contributed by atoms with Gasteiger partial charge in [0.1, 0.15) is 5.75 Å². The van der Waals surface area contributed by atoms with Crippen LogP contribution in [0.25, 0.3) is 0 Å². The van der Waals surface area contributed by atoms with Crippen LogP contribution in [0.15, 0.2) is 42.5 Å². The van der Waals surface area contributed by atoms with Gasteiger partial charge in [0, 0.05) is 28.7 Å². The molecule has 5 nitrogen and oxygen atoms in total. The quantitative estimate of drug-likeness (QED) is 0.797. The molecule has 0 aliphatic heterocycles. The van der Waals surface area contributed by atoms with E-state index in [1.165, 1.54) is 0 Å². The summed E-state index contributed by atoms with van der Waals surface area (Å²) in [5.74, 6) is -0.556. The Bertz CT molecular complexity index is 818. The summed E-state index contributed by atoms with van der Waals surface area (Å²) in [5, 5.41) is 9.75. The molecule has 2 unspecified atom stereocenters. The molecular formula is C19H17Cl2NO4. The van der Waals surface area contributed by atoms with Crippen molar-refractivity contribution in [3.8, 4) is 5.75 Å². The van der Waals surface area contributed by atoms with Gasteiger partial charge in [0.25, 0.3) is 0 Å². The van der Waals surface area contributed by atoms with Crippen LogP contribution in [0.1, 0.15) is 17.9 Å². The predicted molar refractivity (Wildman–Crippen MR) is 100 cm³/mol. The van der Waals surface area contributed by atoms with Crippen molar-refractivity contribution in [2.75, 3.05) is 18.6 Å². The van der Waals surface area contributed by atoms with Gasteiger partial charge in [-0.25, -0.2) is 4.79 Å². The van der Waals surface area contributed by atoms with Crippen LogP contribution >= 0.6 is 23.2 Å². The molecule has 1 aliphatic rings. The number of nitrogens with zero attached hydrogens (tertiary/aromatic N) is 1. The molecule has 7 heteroatoms. The molecule has 1 aliphatic carbocycles. The van der Waals surface area contributed by atoms with Crippen LogP contribution in [-0.2, 0) is 9.59 Å². The van der Waals surface area contributed by atoms with Gasteiger partial charge in [-0.1, -0.05) is 23.2 Å². The minimum absolute atomic E-state index is 0.0188. The first-order valence-corrected chi connectivity index (χ1v) is 8.79. The van der Waals surface area contributed by atoms with E-state index in [0.717, 1.165) is 12.0 Å². The average molecular weight is 394 g/mol. The molecule has 26 heavy (non-hydrogen) atoms. The van der Waals surface area contributed by atoms with Crippen molar-refractivity contribution < 1.29 is 19.4 Å². The number of aliphatic carboxylic acids is 1. The first kappa shape index (κ1) is 18.5. The fourth-order valence-corrected chi connectivity index (χ4v) is 3.46. The maximum atomic E-state index is 12.7. The van der Waals surface area contributed by atoms with Crippen LogP contribution in [0.2, 0.25) is 10.0 Å². The number of anilines is 1. The number of hydrogen-bond acceptors (Lipinski definition) is 3. The highest BCUT2D eigenvalue weighted by atomic mass is 35.5. The molecule has 0 radical (unpaired) electrons. The lowest BCUT2D eigenvalue weighted by Gasteiger charge is -2.18. The van der Waals surface area contributed by atoms with E-state index in [9.17, 15) is 9.59 Å². The van der Waals surface area contributed by atoms with Crippen LogP contribution in [0.4, 0.5) is 5.69 Å². The second-order valence-electron chi connectivity index (χ2n) is 6.23. The molecule has 0 heterocycles. The Morgan fingerprint density at radius 2 is 1.77 bits per heavy atom. The third-order valence-electron chi connectivity index (χ3n) is 4.34. The summed E-state index contributed by atoms with van der Waals surface area (Å²) in [6.07, 6.45) is 0.764. The summed E-state index contributed by atoms with van der Waals surface area (Å²) in [5.41, 5.74) is 1.69. The minimum Gasteiger partial charge on any atom is -0.482 e. The van der Waals surface area contributed by atoms with E-state index in [2.05, 4.69) is 0 Å². The maximum Gasteiger partial charge on any atom is 0.341 e. The summed E-state index contributed by atoms with van der Waals surface area (Å²) >= 11 is 12.1. The van der Waals surface area contributed by atoms with Gasteiger partial charge < -0.3 is 14.7 Å². The Hall–Kier alpha value is -2.24. The average Bonchev–Trinajstić information content (AvgIpc) is 3.39. The number of rotatable bonds is 6. The molecule has 136 valence electrons. The zero-order valence-corrected chi connectivity index (χ0v) is 15.5. The topological polar surface area (TPSA) is 66.8 Å². The van der Waals surface area contributed by atoms with Crippen molar-refractivity contribution in [2.45, 2.75) is 12.3 Å². The third kappa shape index (κ3) is 4.29. The highest BCUT2D eigenvalue weighted by Gasteiger charge is 2.45. The molecule has 1 fully saturated rings. The monoisotopic (exact) mass is 393 g/mol. The number of hydrogen-bond donors (Lipinski definition) is 1. The van der Waals surface area contributed by atoms with Crippen molar-refractivity contribution in [1.82, 2.24) is 0 Å². The fourth-order valence-electron chi connectivity index (χ4n) is 2.91. The number of ether oxygens (including phenoxy) is 1. The van der Waals surface area contributed by atoms with Gasteiger partial charge in [0.05, 0.1) is 0 Å². The van der Waals surface area contributed by atoms with Gasteiger partial charge in [-0.05, 0) is 60.4 Å². The molecular weight excluding hydrogens is 377 g/mol. The molecule has 0 bridgehead atoms. The van der Waals surface area contributed by atoms with Gasteiger partial charge in [0.15, 0.2) is 6.61 Å². The summed E-state index contributed by atoms with van der Waals surface area (Å²) < 4.78 is 5.09. The van der Waals surface area contributed by atoms with Crippen LogP contribution in [0.3, 0.4) is 0 Å². The van der Waals surface area contributed by atoms with E-state index in [1.54, 1.807) is 42.3 Å².